The second-order valence-electron chi connectivity index (χ2n) is 6.17. The fourth-order valence-corrected chi connectivity index (χ4v) is 4.01. The molecule has 8 nitrogen and oxygen atoms in total. The van der Waals surface area contributed by atoms with E-state index in [1.807, 2.05) is 19.1 Å². The van der Waals surface area contributed by atoms with Crippen LogP contribution in [-0.4, -0.2) is 48.3 Å². The summed E-state index contributed by atoms with van der Waals surface area (Å²) in [6.45, 7) is 4.50. The Morgan fingerprint density at radius 1 is 1.37 bits per heavy atom. The molecule has 1 fully saturated rings. The van der Waals surface area contributed by atoms with Crippen molar-refractivity contribution in [3.63, 3.8) is 0 Å². The van der Waals surface area contributed by atoms with E-state index in [1.54, 1.807) is 6.26 Å². The number of nitrogens with zero attached hydrogens (tertiary/aromatic N) is 2. The van der Waals surface area contributed by atoms with Crippen LogP contribution in [0, 0.1) is 6.92 Å². The average Bonchev–Trinajstić information content (AvgIpc) is 3.34. The van der Waals surface area contributed by atoms with Gasteiger partial charge in [0.15, 0.2) is 0 Å². The quantitative estimate of drug-likeness (QED) is 0.669. The number of anilines is 1. The Bertz CT molecular complexity index is 919. The summed E-state index contributed by atoms with van der Waals surface area (Å²) in [5.41, 5.74) is 0.857. The molecule has 142 valence electrons. The predicted octanol–water partition coefficient (Wildman–Crippen LogP) is 2.35. The summed E-state index contributed by atoms with van der Waals surface area (Å²) in [4.78, 5) is 22.7. The second-order valence-corrected chi connectivity index (χ2v) is 7.17. The molecular formula is C18H20N4O4S. The third-order valence-electron chi connectivity index (χ3n) is 4.32. The van der Waals surface area contributed by atoms with Gasteiger partial charge in [-0.05, 0) is 24.6 Å². The van der Waals surface area contributed by atoms with Crippen LogP contribution < -0.4 is 10.6 Å². The number of hydrogen-bond acceptors (Lipinski definition) is 8. The number of amides is 1. The summed E-state index contributed by atoms with van der Waals surface area (Å²) in [5, 5.41) is 7.05. The smallest absolute Gasteiger partial charge is 0.261 e. The van der Waals surface area contributed by atoms with E-state index >= 15 is 0 Å². The van der Waals surface area contributed by atoms with Crippen molar-refractivity contribution in [1.29, 1.82) is 0 Å². The molecule has 1 amide bonds. The number of rotatable bonds is 6. The first-order valence-corrected chi connectivity index (χ1v) is 9.52. The van der Waals surface area contributed by atoms with Crippen molar-refractivity contribution in [2.24, 2.45) is 0 Å². The van der Waals surface area contributed by atoms with Crippen LogP contribution in [0.25, 0.3) is 10.2 Å². The average molecular weight is 388 g/mol. The lowest BCUT2D eigenvalue weighted by molar-refractivity contribution is -0.0855. The topological polar surface area (TPSA) is 98.5 Å². The zero-order chi connectivity index (χ0) is 18.6. The Kier molecular flexibility index (Phi) is 5.33. The number of thiophene rings is 1. The van der Waals surface area contributed by atoms with Gasteiger partial charge >= 0.3 is 0 Å². The highest BCUT2D eigenvalue weighted by Gasteiger charge is 2.21. The summed E-state index contributed by atoms with van der Waals surface area (Å²) in [6, 6.07) is 3.73. The molecule has 3 aromatic heterocycles. The summed E-state index contributed by atoms with van der Waals surface area (Å²) < 4.78 is 16.3. The van der Waals surface area contributed by atoms with Gasteiger partial charge in [0.1, 0.15) is 22.7 Å². The van der Waals surface area contributed by atoms with Crippen LogP contribution in [0.1, 0.15) is 21.0 Å². The second kappa shape index (κ2) is 8.03. The molecule has 0 saturated carbocycles. The fourth-order valence-electron chi connectivity index (χ4n) is 2.95. The van der Waals surface area contributed by atoms with Gasteiger partial charge < -0.3 is 24.5 Å². The van der Waals surface area contributed by atoms with Crippen molar-refractivity contribution in [2.45, 2.75) is 19.6 Å². The minimum Gasteiger partial charge on any atom is -0.467 e. The molecule has 3 aromatic rings. The molecule has 0 radical (unpaired) electrons. The molecule has 4 rings (SSSR count). The SMILES string of the molecule is Cc1c(C(=O)NCC2COCCO2)sc2ncnc(NCc3ccco3)c12. The summed E-state index contributed by atoms with van der Waals surface area (Å²) in [6.07, 6.45) is 3.02. The Balaban J connectivity index is 1.50. The van der Waals surface area contributed by atoms with Gasteiger partial charge in [-0.2, -0.15) is 0 Å². The first-order chi connectivity index (χ1) is 13.2. The van der Waals surface area contributed by atoms with E-state index in [0.717, 1.165) is 21.5 Å². The molecule has 1 unspecified atom stereocenters. The largest absolute Gasteiger partial charge is 0.467 e. The van der Waals surface area contributed by atoms with Crippen LogP contribution in [0.2, 0.25) is 0 Å². The van der Waals surface area contributed by atoms with Crippen molar-refractivity contribution in [2.75, 3.05) is 31.7 Å². The van der Waals surface area contributed by atoms with Crippen molar-refractivity contribution in [1.82, 2.24) is 15.3 Å². The van der Waals surface area contributed by atoms with Crippen LogP contribution in [0.4, 0.5) is 5.82 Å². The molecule has 4 heterocycles. The number of furan rings is 1. The zero-order valence-electron chi connectivity index (χ0n) is 14.9. The van der Waals surface area contributed by atoms with Gasteiger partial charge in [0, 0.05) is 6.54 Å². The Morgan fingerprint density at radius 3 is 3.07 bits per heavy atom. The van der Waals surface area contributed by atoms with Crippen LogP contribution in [0.5, 0.6) is 0 Å². The number of ether oxygens (including phenoxy) is 2. The number of carbonyl (C=O) groups is 1. The van der Waals surface area contributed by atoms with Gasteiger partial charge in [-0.3, -0.25) is 4.79 Å². The Labute approximate surface area is 159 Å². The summed E-state index contributed by atoms with van der Waals surface area (Å²) in [5.74, 6) is 1.36. The molecule has 1 atom stereocenters. The fraction of sp³-hybridized carbons (Fsp3) is 0.389. The van der Waals surface area contributed by atoms with Crippen molar-refractivity contribution >= 4 is 33.3 Å². The number of hydrogen-bond donors (Lipinski definition) is 2. The lowest BCUT2D eigenvalue weighted by Crippen LogP contribution is -2.39. The van der Waals surface area contributed by atoms with Crippen LogP contribution in [0.15, 0.2) is 29.1 Å². The van der Waals surface area contributed by atoms with E-state index in [0.29, 0.717) is 43.6 Å². The number of nitrogens with one attached hydrogen (secondary N) is 2. The van der Waals surface area contributed by atoms with Crippen LogP contribution in [-0.2, 0) is 16.0 Å². The van der Waals surface area contributed by atoms with Gasteiger partial charge in [-0.25, -0.2) is 9.97 Å². The van der Waals surface area contributed by atoms with Crippen LogP contribution >= 0.6 is 11.3 Å². The van der Waals surface area contributed by atoms with Gasteiger partial charge in [-0.15, -0.1) is 11.3 Å². The van der Waals surface area contributed by atoms with Gasteiger partial charge in [0.25, 0.3) is 5.91 Å². The highest BCUT2D eigenvalue weighted by Crippen LogP contribution is 2.33. The highest BCUT2D eigenvalue weighted by molar-refractivity contribution is 7.20. The molecule has 0 bridgehead atoms. The van der Waals surface area contributed by atoms with E-state index < -0.39 is 0 Å². The van der Waals surface area contributed by atoms with Crippen molar-refractivity contribution in [3.05, 3.63) is 40.9 Å². The number of fused-ring (bicyclic) bond motifs is 1. The molecule has 1 aliphatic rings. The number of carbonyl (C=O) groups excluding carboxylic acids is 1. The van der Waals surface area contributed by atoms with E-state index in [-0.39, 0.29) is 12.0 Å². The molecule has 27 heavy (non-hydrogen) atoms. The standard InChI is InChI=1S/C18H20N4O4S/c1-11-14-16(19-7-12-3-2-4-25-12)21-10-22-18(14)27-15(11)17(23)20-8-13-9-24-5-6-26-13/h2-4,10,13H,5-9H2,1H3,(H,20,23)(H,19,21,22). The highest BCUT2D eigenvalue weighted by atomic mass is 32.1. The molecule has 2 N–H and O–H groups in total. The van der Waals surface area contributed by atoms with Crippen molar-refractivity contribution < 1.29 is 18.7 Å². The molecular weight excluding hydrogens is 368 g/mol. The summed E-state index contributed by atoms with van der Waals surface area (Å²) >= 11 is 1.36. The van der Waals surface area contributed by atoms with E-state index in [4.69, 9.17) is 13.9 Å². The lowest BCUT2D eigenvalue weighted by atomic mass is 10.2. The predicted molar refractivity (Wildman–Crippen MR) is 101 cm³/mol. The first-order valence-electron chi connectivity index (χ1n) is 8.70. The van der Waals surface area contributed by atoms with E-state index in [2.05, 4.69) is 20.6 Å². The summed E-state index contributed by atoms with van der Waals surface area (Å²) in [7, 11) is 0. The van der Waals surface area contributed by atoms with E-state index in [1.165, 1.54) is 17.7 Å². The number of aromatic nitrogens is 2. The molecule has 0 spiro atoms. The minimum absolute atomic E-state index is 0.109. The molecule has 1 aliphatic heterocycles. The lowest BCUT2D eigenvalue weighted by Gasteiger charge is -2.22. The maximum absolute atomic E-state index is 12.7. The zero-order valence-corrected chi connectivity index (χ0v) is 15.7. The monoisotopic (exact) mass is 388 g/mol. The van der Waals surface area contributed by atoms with Crippen molar-refractivity contribution in [3.8, 4) is 0 Å². The third-order valence-corrected chi connectivity index (χ3v) is 5.52. The maximum atomic E-state index is 12.7. The maximum Gasteiger partial charge on any atom is 0.261 e. The molecule has 1 saturated heterocycles. The van der Waals surface area contributed by atoms with Gasteiger partial charge in [-0.1, -0.05) is 0 Å². The third kappa shape index (κ3) is 3.95. The van der Waals surface area contributed by atoms with Gasteiger partial charge in [0.2, 0.25) is 0 Å². The molecule has 9 heteroatoms. The van der Waals surface area contributed by atoms with Gasteiger partial charge in [0.05, 0.1) is 49.0 Å². The normalized spacial score (nSPS) is 17.1. The van der Waals surface area contributed by atoms with Crippen LogP contribution in [0.3, 0.4) is 0 Å². The molecule has 0 aromatic carbocycles. The Hall–Kier alpha value is -2.49. The first kappa shape index (κ1) is 17.9. The molecule has 0 aliphatic carbocycles. The number of aryl methyl sites for hydroxylation is 1. The van der Waals surface area contributed by atoms with E-state index in [9.17, 15) is 4.79 Å². The minimum atomic E-state index is -0.137. The Morgan fingerprint density at radius 2 is 2.30 bits per heavy atom.